The molecule has 0 saturated carbocycles. The Morgan fingerprint density at radius 3 is 2.48 bits per heavy atom. The van der Waals surface area contributed by atoms with Crippen LogP contribution in [0, 0.1) is 0 Å². The molecule has 3 aliphatic rings. The first kappa shape index (κ1) is 33.7. The van der Waals surface area contributed by atoms with E-state index >= 15 is 0 Å². The van der Waals surface area contributed by atoms with E-state index in [0.29, 0.717) is 27.8 Å². The number of thiol groups is 2. The van der Waals surface area contributed by atoms with Crippen LogP contribution < -0.4 is 3.79 Å². The van der Waals surface area contributed by atoms with Crippen molar-refractivity contribution in [2.45, 2.75) is 39.0 Å². The number of aryl methyl sites for hydroxylation is 1. The van der Waals surface area contributed by atoms with E-state index in [4.69, 9.17) is 24.3 Å². The van der Waals surface area contributed by atoms with Crippen molar-refractivity contribution in [3.63, 3.8) is 0 Å². The highest BCUT2D eigenvalue weighted by Crippen LogP contribution is 2.47. The molecule has 0 spiro atoms. The number of aromatic nitrogens is 2. The van der Waals surface area contributed by atoms with Crippen LogP contribution >= 0.6 is 11.6 Å². The summed E-state index contributed by atoms with van der Waals surface area (Å²) in [5.74, 6) is 1.17. The maximum absolute atomic E-state index is 13.7. The van der Waals surface area contributed by atoms with Crippen molar-refractivity contribution in [3.8, 4) is 11.6 Å². The van der Waals surface area contributed by atoms with Crippen molar-refractivity contribution in [1.29, 1.82) is 0 Å². The van der Waals surface area contributed by atoms with Crippen molar-refractivity contribution in [3.05, 3.63) is 87.8 Å². The second-order valence-corrected chi connectivity index (χ2v) is 10.9. The van der Waals surface area contributed by atoms with Gasteiger partial charge in [0.25, 0.3) is 0 Å². The summed E-state index contributed by atoms with van der Waals surface area (Å²) >= 11 is 5.46. The highest BCUT2D eigenvalue weighted by molar-refractivity contribution is 7.37. The molecule has 8 nitrogen and oxygen atoms in total. The van der Waals surface area contributed by atoms with Crippen LogP contribution in [0.15, 0.2) is 65.9 Å². The monoisotopic (exact) mass is 615 g/mol. The van der Waals surface area contributed by atoms with Gasteiger partial charge in [-0.2, -0.15) is 9.67 Å². The predicted octanol–water partition coefficient (Wildman–Crippen LogP) is 3.16. The Labute approximate surface area is 259 Å². The van der Waals surface area contributed by atoms with Gasteiger partial charge in [0.15, 0.2) is 11.6 Å². The molecule has 6 rings (SSSR count). The molecule has 0 fully saturated rings. The van der Waals surface area contributed by atoms with Crippen molar-refractivity contribution in [2.24, 2.45) is 0 Å². The zero-order valence-electron chi connectivity index (χ0n) is 22.5. The lowest BCUT2D eigenvalue weighted by Gasteiger charge is -2.25. The van der Waals surface area contributed by atoms with Gasteiger partial charge in [-0.05, 0) is 44.5 Å². The number of Topliss-reactive ketones (excluding diaryl/α,β-unsaturated/α-hetero) is 1. The summed E-state index contributed by atoms with van der Waals surface area (Å²) < 4.78 is 16.2. The summed E-state index contributed by atoms with van der Waals surface area (Å²) in [7, 11) is 2.02. The summed E-state index contributed by atoms with van der Waals surface area (Å²) in [5.41, 5.74) is 6.60. The number of hydrogen-bond acceptors (Lipinski definition) is 6. The number of fused-ring (bicyclic) bond motifs is 3. The van der Waals surface area contributed by atoms with Gasteiger partial charge in [0.1, 0.15) is 12.8 Å². The van der Waals surface area contributed by atoms with E-state index in [0.717, 1.165) is 46.7 Å². The van der Waals surface area contributed by atoms with Crippen LogP contribution in [0.5, 0.6) is 5.88 Å². The molecule has 40 heavy (non-hydrogen) atoms. The number of carbonyl (C=O) groups is 1. The zero-order chi connectivity index (χ0) is 25.2. The molecule has 0 bridgehead atoms. The first-order chi connectivity index (χ1) is 17.3. The zero-order valence-corrected chi connectivity index (χ0v) is 26.2. The average Bonchev–Trinajstić information content (AvgIpc) is 3.21. The van der Waals surface area contributed by atoms with Gasteiger partial charge in [0.2, 0.25) is 11.5 Å². The second-order valence-electron chi connectivity index (χ2n) is 9.78. The highest BCUT2D eigenvalue weighted by Gasteiger charge is 2.48. The fourth-order valence-electron chi connectivity index (χ4n) is 5.38. The van der Waals surface area contributed by atoms with Gasteiger partial charge in [-0.15, -0.1) is 0 Å². The van der Waals surface area contributed by atoms with E-state index in [1.165, 1.54) is 0 Å². The number of hydrogen-bond donors (Lipinski definition) is 0. The van der Waals surface area contributed by atoms with Crippen molar-refractivity contribution < 1.29 is 27.9 Å². The number of para-hydroxylation sites is 1. The van der Waals surface area contributed by atoms with Crippen LogP contribution in [-0.2, 0) is 47.4 Å². The molecule has 0 saturated heterocycles. The van der Waals surface area contributed by atoms with Gasteiger partial charge in [-0.3, -0.25) is 4.79 Å². The minimum atomic E-state index is -0.854. The lowest BCUT2D eigenvalue weighted by Crippen LogP contribution is -2.30. The quantitative estimate of drug-likeness (QED) is 0.146. The predicted molar refractivity (Wildman–Crippen MR) is 165 cm³/mol. The minimum absolute atomic E-state index is 0. The normalized spacial score (nSPS) is 16.7. The summed E-state index contributed by atoms with van der Waals surface area (Å²) in [6.07, 6.45) is 3.62. The fraction of sp³-hybridized carbons (Fsp3) is 0.250. The third-order valence-corrected chi connectivity index (χ3v) is 8.08. The van der Waals surface area contributed by atoms with Crippen LogP contribution in [0.2, 0.25) is 5.02 Å². The number of ketones is 1. The van der Waals surface area contributed by atoms with E-state index in [1.807, 2.05) is 61.7 Å². The molecular formula is C28H31AlClN3O5S2-. The Morgan fingerprint density at radius 2 is 1.80 bits per heavy atom. The number of halogens is 1. The van der Waals surface area contributed by atoms with E-state index in [9.17, 15) is 4.79 Å². The second kappa shape index (κ2) is 12.6. The van der Waals surface area contributed by atoms with Gasteiger partial charge in [-0.25, -0.2) is 4.68 Å². The molecule has 0 unspecified atom stereocenters. The highest BCUT2D eigenvalue weighted by atomic mass is 35.5. The molecule has 0 atom stereocenters. The minimum Gasteiger partial charge on any atom is -0.813 e. The van der Waals surface area contributed by atoms with Crippen LogP contribution in [0.3, 0.4) is 0 Å². The lowest BCUT2D eigenvalue weighted by molar-refractivity contribution is -0.401. The molecule has 1 aliphatic carbocycles. The van der Waals surface area contributed by atoms with E-state index in [1.54, 1.807) is 4.68 Å². The van der Waals surface area contributed by atoms with Crippen LogP contribution in [0.1, 0.15) is 44.0 Å². The van der Waals surface area contributed by atoms with E-state index in [2.05, 4.69) is 25.3 Å². The Balaban J connectivity index is 0.00000140. The SMILES string of the molecule is CCCc1nn(-c2ccccc2)c2c1C1=C([O][Al][O]2)/C(=C/C2=[N+](C)c3ccc(Cl)cc3C2(C)C)C1=O.O.O.[SH-].[SH-]. The van der Waals surface area contributed by atoms with E-state index in [-0.39, 0.29) is 49.1 Å². The van der Waals surface area contributed by atoms with Gasteiger partial charge in [0, 0.05) is 22.7 Å². The summed E-state index contributed by atoms with van der Waals surface area (Å²) in [5, 5.41) is 5.57. The smallest absolute Gasteiger partial charge is 0.813 e. The Morgan fingerprint density at radius 1 is 1.10 bits per heavy atom. The molecule has 2 aliphatic heterocycles. The molecular weight excluding hydrogens is 585 g/mol. The topological polar surface area (TPSA) is 119 Å². The lowest BCUT2D eigenvalue weighted by atomic mass is 9.77. The van der Waals surface area contributed by atoms with Crippen molar-refractivity contribution in [2.75, 3.05) is 7.05 Å². The molecule has 0 amide bonds. The molecule has 12 heteroatoms. The molecule has 4 N–H and O–H groups in total. The molecule has 1 aromatic heterocycles. The largest absolute Gasteiger partial charge is 0.883 e. The molecule has 3 heterocycles. The Hall–Kier alpha value is -2.49. The maximum Gasteiger partial charge on any atom is 0.883 e. The van der Waals surface area contributed by atoms with Crippen molar-refractivity contribution in [1.82, 2.24) is 9.78 Å². The van der Waals surface area contributed by atoms with Crippen LogP contribution in [0.25, 0.3) is 11.3 Å². The third-order valence-electron chi connectivity index (χ3n) is 7.20. The summed E-state index contributed by atoms with van der Waals surface area (Å²) in [6, 6.07) is 15.8. The van der Waals surface area contributed by atoms with Gasteiger partial charge in [-0.1, -0.05) is 43.1 Å². The van der Waals surface area contributed by atoms with Gasteiger partial charge < -0.3 is 45.5 Å². The first-order valence-electron chi connectivity index (χ1n) is 12.1. The fourth-order valence-corrected chi connectivity index (χ4v) is 6.25. The summed E-state index contributed by atoms with van der Waals surface area (Å²) in [4.78, 5) is 13.7. The Kier molecular flexibility index (Phi) is 10.6. The standard InChI is InChI=1S/C28H26ClN3O3.Al.2H2O.2H2S/c1-5-9-20-23(27(35)32(30-20)17-10-7-6-8-11-17)24-25(33)18(26(24)34)15-22-28(2,3)19-14-16(29)12-13-21(19)31(22)4;;;;;/h6-8,10-15,33H,5,9H2,1-4H3;;4*1H2/q;+2;;;;/p-3. The summed E-state index contributed by atoms with van der Waals surface area (Å²) in [6.45, 7) is 6.41. The van der Waals surface area contributed by atoms with Crippen LogP contribution in [0.4, 0.5) is 5.69 Å². The van der Waals surface area contributed by atoms with Crippen molar-refractivity contribution >= 4 is 77.2 Å². The van der Waals surface area contributed by atoms with Crippen LogP contribution in [-0.4, -0.2) is 59.7 Å². The first-order valence-corrected chi connectivity index (χ1v) is 13.4. The maximum atomic E-state index is 13.7. The molecule has 1 radical (unpaired) electrons. The van der Waals surface area contributed by atoms with Gasteiger partial charge >= 0.3 is 15.9 Å². The number of nitrogens with zero attached hydrogens (tertiary/aromatic N) is 3. The third kappa shape index (κ3) is 5.05. The number of allylic oxidation sites excluding steroid dienone is 3. The average molecular weight is 616 g/mol. The Bertz CT molecular complexity index is 1550. The molecule has 3 aromatic rings. The number of rotatable bonds is 4. The molecule has 2 aromatic carbocycles. The van der Waals surface area contributed by atoms with Gasteiger partial charge in [0.05, 0.1) is 33.5 Å². The van der Waals surface area contributed by atoms with E-state index < -0.39 is 15.9 Å². The molecule has 211 valence electrons. The number of benzene rings is 2. The number of carbonyl (C=O) groups excluding carboxylic acids is 1.